The van der Waals surface area contributed by atoms with Crippen molar-refractivity contribution >= 4 is 11.8 Å². The fraction of sp³-hybridized carbons (Fsp3) is 0.458. The summed E-state index contributed by atoms with van der Waals surface area (Å²) in [5, 5.41) is 5.85. The topological polar surface area (TPSA) is 83.6 Å². The van der Waals surface area contributed by atoms with Crippen LogP contribution in [0, 0.1) is 5.92 Å². The molecule has 0 unspecified atom stereocenters. The van der Waals surface area contributed by atoms with E-state index in [0.717, 1.165) is 18.4 Å². The number of ether oxygens (including phenoxy) is 1. The van der Waals surface area contributed by atoms with Crippen LogP contribution < -0.4 is 15.4 Å². The van der Waals surface area contributed by atoms with Gasteiger partial charge in [0.25, 0.3) is 0 Å². The highest BCUT2D eigenvalue weighted by atomic mass is 16.5. The average Bonchev–Trinajstić information content (AvgIpc) is 3.27. The number of rotatable bonds is 8. The maximum absolute atomic E-state index is 13.4. The van der Waals surface area contributed by atoms with Crippen LogP contribution in [0.25, 0.3) is 0 Å². The molecule has 2 aromatic rings. The number of hydrogen-bond acceptors (Lipinski definition) is 5. The van der Waals surface area contributed by atoms with Crippen LogP contribution in [0.3, 0.4) is 0 Å². The molecule has 2 amide bonds. The van der Waals surface area contributed by atoms with Crippen LogP contribution in [0.4, 0.5) is 0 Å². The van der Waals surface area contributed by atoms with Crippen molar-refractivity contribution in [2.45, 2.75) is 51.7 Å². The molecule has 7 nitrogen and oxygen atoms in total. The molecule has 3 rings (SSSR count). The molecule has 1 fully saturated rings. The largest absolute Gasteiger partial charge is 0.439 e. The maximum Gasteiger partial charge on any atom is 0.245 e. The van der Waals surface area contributed by atoms with E-state index in [9.17, 15) is 9.59 Å². The summed E-state index contributed by atoms with van der Waals surface area (Å²) < 4.78 is 5.87. The number of carbonyl (C=O) groups is 2. The van der Waals surface area contributed by atoms with Gasteiger partial charge in [-0.3, -0.25) is 9.59 Å². The Balaban J connectivity index is 1.77. The van der Waals surface area contributed by atoms with Crippen molar-refractivity contribution in [1.82, 2.24) is 20.5 Å². The van der Waals surface area contributed by atoms with Crippen molar-refractivity contribution in [3.8, 4) is 11.6 Å². The van der Waals surface area contributed by atoms with Crippen molar-refractivity contribution in [2.75, 3.05) is 13.6 Å². The molecule has 3 atom stereocenters. The molecule has 2 heterocycles. The van der Waals surface area contributed by atoms with Crippen LogP contribution in [-0.4, -0.2) is 47.4 Å². The van der Waals surface area contributed by atoms with E-state index in [1.165, 1.54) is 0 Å². The van der Waals surface area contributed by atoms with E-state index < -0.39 is 6.04 Å². The number of pyridine rings is 1. The molecule has 1 aromatic carbocycles. The third kappa shape index (κ3) is 5.61. The van der Waals surface area contributed by atoms with Gasteiger partial charge in [-0.05, 0) is 56.5 Å². The Kier molecular flexibility index (Phi) is 7.63. The molecule has 0 saturated carbocycles. The van der Waals surface area contributed by atoms with Crippen LogP contribution in [0.5, 0.6) is 11.6 Å². The van der Waals surface area contributed by atoms with Crippen LogP contribution in [0.1, 0.15) is 45.2 Å². The SMILES string of the molecule is CN[C@@H](C)C(=O)N[C@H](C(=O)N1CCC[C@H]1c1ccnc(Oc2ccccc2)c1)C(C)C. The van der Waals surface area contributed by atoms with Crippen molar-refractivity contribution < 1.29 is 14.3 Å². The zero-order valence-electron chi connectivity index (χ0n) is 18.7. The van der Waals surface area contributed by atoms with Gasteiger partial charge < -0.3 is 20.3 Å². The van der Waals surface area contributed by atoms with E-state index in [1.54, 1.807) is 20.2 Å². The maximum atomic E-state index is 13.4. The van der Waals surface area contributed by atoms with E-state index in [-0.39, 0.29) is 29.8 Å². The van der Waals surface area contributed by atoms with Crippen molar-refractivity contribution in [3.63, 3.8) is 0 Å². The van der Waals surface area contributed by atoms with Crippen molar-refractivity contribution in [1.29, 1.82) is 0 Å². The fourth-order valence-corrected chi connectivity index (χ4v) is 3.78. The number of benzene rings is 1. The predicted molar refractivity (Wildman–Crippen MR) is 120 cm³/mol. The Morgan fingerprint density at radius 2 is 1.90 bits per heavy atom. The highest BCUT2D eigenvalue weighted by molar-refractivity contribution is 5.90. The minimum Gasteiger partial charge on any atom is -0.439 e. The van der Waals surface area contributed by atoms with Gasteiger partial charge in [0.1, 0.15) is 11.8 Å². The van der Waals surface area contributed by atoms with Gasteiger partial charge in [0, 0.05) is 18.8 Å². The number of aromatic nitrogens is 1. The molecule has 1 aromatic heterocycles. The highest BCUT2D eigenvalue weighted by Crippen LogP contribution is 2.34. The van der Waals surface area contributed by atoms with E-state index in [1.807, 2.05) is 61.2 Å². The summed E-state index contributed by atoms with van der Waals surface area (Å²) in [5.41, 5.74) is 0.990. The molecule has 7 heteroatoms. The first-order valence-corrected chi connectivity index (χ1v) is 10.9. The lowest BCUT2D eigenvalue weighted by Gasteiger charge is -2.32. The van der Waals surface area contributed by atoms with Gasteiger partial charge in [0.05, 0.1) is 12.1 Å². The number of likely N-dealkylation sites (tertiary alicyclic amines) is 1. The molecular formula is C24H32N4O3. The first kappa shape index (κ1) is 22.7. The van der Waals surface area contributed by atoms with Crippen LogP contribution in [-0.2, 0) is 9.59 Å². The normalized spacial score (nSPS) is 18.0. The summed E-state index contributed by atoms with van der Waals surface area (Å²) >= 11 is 0. The van der Waals surface area contributed by atoms with Crippen LogP contribution >= 0.6 is 0 Å². The summed E-state index contributed by atoms with van der Waals surface area (Å²) in [6.45, 7) is 6.36. The lowest BCUT2D eigenvalue weighted by molar-refractivity contribution is -0.138. The summed E-state index contributed by atoms with van der Waals surface area (Å²) in [4.78, 5) is 32.0. The molecule has 1 saturated heterocycles. The van der Waals surface area contributed by atoms with E-state index in [0.29, 0.717) is 18.2 Å². The summed E-state index contributed by atoms with van der Waals surface area (Å²) in [7, 11) is 1.73. The third-order valence-corrected chi connectivity index (χ3v) is 5.70. The van der Waals surface area contributed by atoms with Gasteiger partial charge in [0.2, 0.25) is 17.7 Å². The van der Waals surface area contributed by atoms with Crippen LogP contribution in [0.2, 0.25) is 0 Å². The number of hydrogen-bond donors (Lipinski definition) is 2. The number of likely N-dealkylation sites (N-methyl/N-ethyl adjacent to an activating group) is 1. The number of nitrogens with zero attached hydrogens (tertiary/aromatic N) is 2. The van der Waals surface area contributed by atoms with Crippen LogP contribution in [0.15, 0.2) is 48.7 Å². The lowest BCUT2D eigenvalue weighted by atomic mass is 10.00. The van der Waals surface area contributed by atoms with Gasteiger partial charge >= 0.3 is 0 Å². The Bertz CT molecular complexity index is 887. The summed E-state index contributed by atoms with van der Waals surface area (Å²) in [6.07, 6.45) is 3.50. The summed E-state index contributed by atoms with van der Waals surface area (Å²) in [6, 6.07) is 12.3. The highest BCUT2D eigenvalue weighted by Gasteiger charge is 2.36. The Morgan fingerprint density at radius 3 is 2.58 bits per heavy atom. The van der Waals surface area contributed by atoms with Gasteiger partial charge in [-0.2, -0.15) is 0 Å². The molecule has 0 spiro atoms. The number of carbonyl (C=O) groups excluding carboxylic acids is 2. The Hall–Kier alpha value is -2.93. The first-order chi connectivity index (χ1) is 14.9. The minimum absolute atomic E-state index is 0.0174. The summed E-state index contributed by atoms with van der Waals surface area (Å²) in [5.74, 6) is 0.979. The first-order valence-electron chi connectivity index (χ1n) is 10.9. The second-order valence-corrected chi connectivity index (χ2v) is 8.27. The van der Waals surface area contributed by atoms with E-state index in [2.05, 4.69) is 15.6 Å². The molecule has 1 aliphatic heterocycles. The molecule has 0 bridgehead atoms. The smallest absolute Gasteiger partial charge is 0.245 e. The second-order valence-electron chi connectivity index (χ2n) is 8.27. The third-order valence-electron chi connectivity index (χ3n) is 5.70. The Labute approximate surface area is 184 Å². The van der Waals surface area contributed by atoms with Gasteiger partial charge in [-0.15, -0.1) is 0 Å². The molecule has 1 aliphatic rings. The molecule has 31 heavy (non-hydrogen) atoms. The zero-order valence-corrected chi connectivity index (χ0v) is 18.7. The molecule has 2 N–H and O–H groups in total. The average molecular weight is 425 g/mol. The van der Waals surface area contributed by atoms with Gasteiger partial charge in [0.15, 0.2) is 0 Å². The Morgan fingerprint density at radius 1 is 1.16 bits per heavy atom. The number of nitrogens with one attached hydrogen (secondary N) is 2. The minimum atomic E-state index is -0.564. The number of amides is 2. The molecule has 166 valence electrons. The van der Waals surface area contributed by atoms with Crippen molar-refractivity contribution in [2.24, 2.45) is 5.92 Å². The van der Waals surface area contributed by atoms with E-state index >= 15 is 0 Å². The van der Waals surface area contributed by atoms with Gasteiger partial charge in [-0.1, -0.05) is 32.0 Å². The standard InChI is InChI=1S/C24H32N4O3/c1-16(2)22(27-23(29)17(3)25-4)24(30)28-14-8-11-20(28)18-12-13-26-21(15-18)31-19-9-6-5-7-10-19/h5-7,9-10,12-13,15-17,20,22,25H,8,11,14H2,1-4H3,(H,27,29)/t17-,20-,22-/m0/s1. The second kappa shape index (κ2) is 10.4. The molecular weight excluding hydrogens is 392 g/mol. The molecule has 0 aliphatic carbocycles. The van der Waals surface area contributed by atoms with Crippen molar-refractivity contribution in [3.05, 3.63) is 54.2 Å². The number of para-hydroxylation sites is 1. The molecule has 0 radical (unpaired) electrons. The monoisotopic (exact) mass is 424 g/mol. The van der Waals surface area contributed by atoms with E-state index in [4.69, 9.17) is 4.74 Å². The predicted octanol–water partition coefficient (Wildman–Crippen LogP) is 3.29. The zero-order chi connectivity index (χ0) is 22.4. The fourth-order valence-electron chi connectivity index (χ4n) is 3.78. The van der Waals surface area contributed by atoms with Gasteiger partial charge in [-0.25, -0.2) is 4.98 Å². The lowest BCUT2D eigenvalue weighted by Crippen LogP contribution is -2.54. The quantitative estimate of drug-likeness (QED) is 0.679.